The Bertz CT molecular complexity index is 1660. The number of carboxylic acid groups (broad SMARTS) is 1. The number of hydrogen-bond donors (Lipinski definition) is 5. The van der Waals surface area contributed by atoms with Crippen LogP contribution in [0.1, 0.15) is 18.5 Å². The van der Waals surface area contributed by atoms with Gasteiger partial charge in [-0.2, -0.15) is 0 Å². The number of nitrogens with zero attached hydrogens (tertiary/aromatic N) is 4. The lowest BCUT2D eigenvalue weighted by Gasteiger charge is -2.56. The zero-order chi connectivity index (χ0) is 33.9. The predicted octanol–water partition coefficient (Wildman–Crippen LogP) is -1.27. The van der Waals surface area contributed by atoms with Gasteiger partial charge in [0.15, 0.2) is 12.4 Å². The number of imide groups is 1. The van der Waals surface area contributed by atoms with E-state index < -0.39 is 52.7 Å². The molecule has 0 unspecified atom stereocenters. The quantitative estimate of drug-likeness (QED) is 0.0358. The van der Waals surface area contributed by atoms with Crippen LogP contribution < -0.4 is 26.5 Å². The molecule has 0 spiro atoms. The van der Waals surface area contributed by atoms with Crippen molar-refractivity contribution in [3.8, 4) is 0 Å². The molecule has 7 amide bonds. The van der Waals surface area contributed by atoms with E-state index in [0.29, 0.717) is 10.5 Å². The van der Waals surface area contributed by atoms with Gasteiger partial charge in [-0.25, -0.2) is 15.4 Å². The van der Waals surface area contributed by atoms with Crippen molar-refractivity contribution in [1.82, 2.24) is 30.7 Å². The van der Waals surface area contributed by atoms with Gasteiger partial charge in [0, 0.05) is 48.2 Å². The molecule has 3 atom stereocenters. The molecule has 4 heterocycles. The Labute approximate surface area is 276 Å². The average molecular weight is 684 g/mol. The molecule has 3 aliphatic rings. The molecule has 47 heavy (non-hydrogen) atoms. The number of hydrogen-bond acceptors (Lipinski definition) is 10. The summed E-state index contributed by atoms with van der Waals surface area (Å²) in [5, 5.41) is 16.5. The number of β-lactam (4-membered cyclic amide) rings is 1. The van der Waals surface area contributed by atoms with Crippen LogP contribution in [0.15, 0.2) is 71.0 Å². The Kier molecular flexibility index (Phi) is 9.71. The number of pyridine rings is 1. The fourth-order valence-corrected chi connectivity index (χ4v) is 7.83. The lowest BCUT2D eigenvalue weighted by atomic mass is 9.94. The number of nitrogens with one attached hydrogen (secondary N) is 3. The minimum absolute atomic E-state index is 0.0988. The summed E-state index contributed by atoms with van der Waals surface area (Å²) in [6.45, 7) is 2.00. The van der Waals surface area contributed by atoms with Crippen LogP contribution in [-0.4, -0.2) is 104 Å². The van der Waals surface area contributed by atoms with Crippen molar-refractivity contribution in [2.24, 2.45) is 0 Å². The van der Waals surface area contributed by atoms with Crippen molar-refractivity contribution in [2.75, 3.05) is 37.0 Å². The van der Waals surface area contributed by atoms with Crippen molar-refractivity contribution in [2.45, 2.75) is 28.9 Å². The third-order valence-corrected chi connectivity index (χ3v) is 10.3. The van der Waals surface area contributed by atoms with Crippen LogP contribution in [0.3, 0.4) is 0 Å². The highest BCUT2D eigenvalue weighted by Crippen LogP contribution is 2.46. The summed E-state index contributed by atoms with van der Waals surface area (Å²) in [5.41, 5.74) is -1.56. The first-order valence-corrected chi connectivity index (χ1v) is 16.3. The Hall–Kier alpha value is -5.10. The van der Waals surface area contributed by atoms with Gasteiger partial charge in [0.25, 0.3) is 5.91 Å². The molecule has 0 bridgehead atoms. The second-order valence-electron chi connectivity index (χ2n) is 10.6. The molecule has 2 fully saturated rings. The molecular formula is C29H31N8O8S2+. The zero-order valence-corrected chi connectivity index (χ0v) is 26.6. The maximum Gasteiger partial charge on any atom is 0.352 e. The number of carbonyl (C=O) groups is 7. The van der Waals surface area contributed by atoms with Crippen molar-refractivity contribution < 1.29 is 43.3 Å². The number of aliphatic carboxylic acids is 1. The van der Waals surface area contributed by atoms with E-state index in [1.54, 1.807) is 49.6 Å². The number of urea groups is 1. The van der Waals surface area contributed by atoms with Crippen LogP contribution in [-0.2, 0) is 28.8 Å². The highest BCUT2D eigenvalue weighted by Gasteiger charge is 2.66. The van der Waals surface area contributed by atoms with E-state index >= 15 is 0 Å². The van der Waals surface area contributed by atoms with Crippen LogP contribution in [0.25, 0.3) is 0 Å². The first-order chi connectivity index (χ1) is 22.5. The van der Waals surface area contributed by atoms with Crippen molar-refractivity contribution in [3.63, 3.8) is 0 Å². The largest absolute Gasteiger partial charge is 0.477 e. The number of amides is 7. The van der Waals surface area contributed by atoms with Gasteiger partial charge in [0.1, 0.15) is 17.1 Å². The number of likely N-dealkylation sites (N-methyl/N-ethyl adjacent to an activating group) is 1. The highest BCUT2D eigenvalue weighted by atomic mass is 32.2. The molecule has 5 rings (SSSR count). The van der Waals surface area contributed by atoms with Gasteiger partial charge in [-0.15, -0.1) is 23.5 Å². The summed E-state index contributed by atoms with van der Waals surface area (Å²) in [4.78, 5) is 94.0. The molecule has 1 aromatic heterocycles. The van der Waals surface area contributed by atoms with Crippen LogP contribution in [0, 0.1) is 0 Å². The second kappa shape index (κ2) is 13.7. The van der Waals surface area contributed by atoms with Gasteiger partial charge in [-0.3, -0.25) is 33.8 Å². The van der Waals surface area contributed by atoms with Crippen molar-refractivity contribution >= 4 is 65.6 Å². The third-order valence-electron chi connectivity index (χ3n) is 7.80. The normalized spacial score (nSPS) is 21.4. The van der Waals surface area contributed by atoms with Gasteiger partial charge in [0.2, 0.25) is 18.0 Å². The van der Waals surface area contributed by atoms with E-state index in [4.69, 9.17) is 5.84 Å². The molecular weight excluding hydrogens is 653 g/mol. The lowest BCUT2D eigenvalue weighted by Crippen LogP contribution is -2.85. The van der Waals surface area contributed by atoms with E-state index in [1.807, 2.05) is 0 Å². The number of fused-ring (bicyclic) bond motifs is 1. The standard InChI is InChI=1S/C29H30N8O8S2/c1-2-34-12-13-36(24(41)23(34)40)28(45)32-20(17-6-4-3-5-7-17)22(39)33-29(31-16-38)26(44)37-21(25(42)43)18(15-47-27(29)37)14-46-19-8-10-35(30)11-9-19/h3-11,16,20,27H,2,12-15,30H2,1H3,(H3-,31,32,33,38,39,42,43,45)/p+1/t20-,27-,29-/m1/s1. The minimum Gasteiger partial charge on any atom is -0.477 e. The highest BCUT2D eigenvalue weighted by molar-refractivity contribution is 8.01. The van der Waals surface area contributed by atoms with E-state index in [1.165, 1.54) is 33.5 Å². The van der Waals surface area contributed by atoms with Crippen LogP contribution in [0.5, 0.6) is 0 Å². The van der Waals surface area contributed by atoms with Gasteiger partial charge >= 0.3 is 23.8 Å². The summed E-state index contributed by atoms with van der Waals surface area (Å²) in [7, 11) is 0. The third kappa shape index (κ3) is 6.33. The molecule has 18 heteroatoms. The number of benzene rings is 1. The number of carbonyl (C=O) groups excluding carboxylic acids is 6. The van der Waals surface area contributed by atoms with Crippen LogP contribution >= 0.6 is 23.5 Å². The zero-order valence-electron chi connectivity index (χ0n) is 25.0. The Morgan fingerprint density at radius 2 is 1.83 bits per heavy atom. The van der Waals surface area contributed by atoms with Gasteiger partial charge in [-0.1, -0.05) is 35.0 Å². The van der Waals surface area contributed by atoms with E-state index in [-0.39, 0.29) is 48.8 Å². The Balaban J connectivity index is 1.38. The van der Waals surface area contributed by atoms with Crippen molar-refractivity contribution in [1.29, 1.82) is 0 Å². The molecule has 0 radical (unpaired) electrons. The monoisotopic (exact) mass is 683 g/mol. The number of nitrogens with two attached hydrogens (primary N) is 1. The average Bonchev–Trinajstić information content (AvgIpc) is 3.07. The summed E-state index contributed by atoms with van der Waals surface area (Å²) >= 11 is 2.50. The van der Waals surface area contributed by atoms with Crippen molar-refractivity contribution in [3.05, 3.63) is 71.7 Å². The number of nitrogen functional groups attached to an aromatic ring is 1. The number of piperazine rings is 1. The van der Waals surface area contributed by atoms with Gasteiger partial charge in [-0.05, 0) is 18.1 Å². The summed E-state index contributed by atoms with van der Waals surface area (Å²) in [6.07, 6.45) is 3.49. The van der Waals surface area contributed by atoms with E-state index in [2.05, 4.69) is 16.0 Å². The molecule has 2 aromatic rings. The van der Waals surface area contributed by atoms with E-state index in [0.717, 1.165) is 21.6 Å². The molecule has 16 nitrogen and oxygen atoms in total. The lowest BCUT2D eigenvalue weighted by molar-refractivity contribution is -0.639. The fraction of sp³-hybridized carbons (Fsp3) is 0.310. The Morgan fingerprint density at radius 3 is 2.47 bits per heavy atom. The number of rotatable bonds is 11. The first-order valence-electron chi connectivity index (χ1n) is 14.3. The molecule has 1 aromatic carbocycles. The maximum atomic E-state index is 13.9. The number of thioether (sulfide) groups is 2. The number of carboxylic acids is 1. The van der Waals surface area contributed by atoms with E-state index in [9.17, 15) is 38.7 Å². The van der Waals surface area contributed by atoms with Gasteiger partial charge < -0.3 is 26.0 Å². The SMILES string of the molecule is CCN1CCN(C(=O)N[C@@H](C(=O)N[C@]2(NC=O)C(=O)N3C(C(=O)O)=C(CSc4cc[n+](N)cc4)CS[C@@H]32)c2ccccc2)C(=O)C1=O. The first kappa shape index (κ1) is 33.3. The van der Waals surface area contributed by atoms with Gasteiger partial charge in [0.05, 0.1) is 0 Å². The molecule has 0 aliphatic carbocycles. The smallest absolute Gasteiger partial charge is 0.352 e. The topological polar surface area (TPSA) is 215 Å². The number of aromatic nitrogens is 1. The maximum absolute atomic E-state index is 13.9. The van der Waals surface area contributed by atoms with Crippen LogP contribution in [0.2, 0.25) is 0 Å². The summed E-state index contributed by atoms with van der Waals surface area (Å²) in [5.74, 6) is 0.992. The second-order valence-corrected chi connectivity index (χ2v) is 12.7. The summed E-state index contributed by atoms with van der Waals surface area (Å²) in [6, 6.07) is 8.99. The molecule has 6 N–H and O–H groups in total. The Morgan fingerprint density at radius 1 is 1.13 bits per heavy atom. The minimum atomic E-state index is -2.05. The molecule has 0 saturated carbocycles. The fourth-order valence-electron chi connectivity index (χ4n) is 5.38. The molecule has 2 saturated heterocycles. The van der Waals surface area contributed by atoms with Crippen LogP contribution in [0.4, 0.5) is 4.79 Å². The predicted molar refractivity (Wildman–Crippen MR) is 167 cm³/mol. The molecule has 246 valence electrons. The molecule has 3 aliphatic heterocycles. The summed E-state index contributed by atoms with van der Waals surface area (Å²) < 4.78 is 1.36.